The van der Waals surface area contributed by atoms with Crippen molar-refractivity contribution in [2.24, 2.45) is 5.92 Å². The van der Waals surface area contributed by atoms with Gasteiger partial charge in [0.15, 0.2) is 5.60 Å². The molecule has 1 saturated carbocycles. The van der Waals surface area contributed by atoms with Crippen molar-refractivity contribution in [2.75, 3.05) is 27.2 Å². The normalized spacial score (nSPS) is 25.3. The van der Waals surface area contributed by atoms with E-state index in [4.69, 9.17) is 9.47 Å². The van der Waals surface area contributed by atoms with Crippen molar-refractivity contribution < 1.29 is 23.4 Å². The van der Waals surface area contributed by atoms with Gasteiger partial charge in [-0.2, -0.15) is 10.5 Å². The van der Waals surface area contributed by atoms with Crippen LogP contribution < -0.4 is 9.47 Å². The van der Waals surface area contributed by atoms with Gasteiger partial charge in [0, 0.05) is 31.0 Å². The van der Waals surface area contributed by atoms with E-state index in [9.17, 15) is 24.4 Å². The third-order valence-electron chi connectivity index (χ3n) is 7.94. The Morgan fingerprint density at radius 3 is 2.33 bits per heavy atom. The van der Waals surface area contributed by atoms with Gasteiger partial charge in [-0.1, -0.05) is 42.5 Å². The summed E-state index contributed by atoms with van der Waals surface area (Å²) in [5.41, 5.74) is 0.402. The lowest BCUT2D eigenvalue weighted by Gasteiger charge is -2.40. The standard InChI is InChI=1S/C25H19N3O3.C5H9F2N/c1-30-23-22-21(13-19(15-27)28-23)31-25(18-9-7-16(14-26)8-10-18)20(11-12-24(22,25)29)17-5-3-2-4-6-17;1-8-2-4(3-8)5(6)7/h2-10,13,20,29H,11-12H2,1H3;4-5H,2-3H2,1H3. The van der Waals surface area contributed by atoms with Gasteiger partial charge in [-0.05, 0) is 43.1 Å². The van der Waals surface area contributed by atoms with Crippen LogP contribution in [-0.4, -0.2) is 48.7 Å². The number of halogens is 2. The molecule has 0 radical (unpaired) electrons. The number of methoxy groups -OCH3 is 1. The third-order valence-corrected chi connectivity index (χ3v) is 7.94. The molecule has 1 saturated heterocycles. The third kappa shape index (κ3) is 4.28. The molecular formula is C30H28F2N4O3. The summed E-state index contributed by atoms with van der Waals surface area (Å²) < 4.78 is 35.4. The van der Waals surface area contributed by atoms with E-state index in [0.29, 0.717) is 42.8 Å². The summed E-state index contributed by atoms with van der Waals surface area (Å²) in [6.07, 6.45) is -0.988. The Morgan fingerprint density at radius 2 is 1.79 bits per heavy atom. The summed E-state index contributed by atoms with van der Waals surface area (Å²) in [5.74, 6) is 0.0888. The maximum atomic E-state index is 12.2. The van der Waals surface area contributed by atoms with Gasteiger partial charge in [-0.25, -0.2) is 13.8 Å². The largest absolute Gasteiger partial charge is 0.481 e. The number of ether oxygens (including phenoxy) is 2. The van der Waals surface area contributed by atoms with E-state index in [1.165, 1.54) is 7.11 Å². The number of benzene rings is 2. The van der Waals surface area contributed by atoms with E-state index in [-0.39, 0.29) is 23.4 Å². The van der Waals surface area contributed by atoms with Crippen molar-refractivity contribution in [3.63, 3.8) is 0 Å². The first-order chi connectivity index (χ1) is 18.8. The summed E-state index contributed by atoms with van der Waals surface area (Å²) in [6, 6.07) is 22.8. The lowest BCUT2D eigenvalue weighted by atomic mass is 9.72. The second-order valence-corrected chi connectivity index (χ2v) is 10.2. The maximum absolute atomic E-state index is 12.2. The van der Waals surface area contributed by atoms with Gasteiger partial charge in [0.1, 0.15) is 23.1 Å². The Hall–Kier alpha value is -4.05. The molecule has 3 unspecified atom stereocenters. The molecule has 2 aromatic carbocycles. The molecule has 0 spiro atoms. The minimum absolute atomic E-state index is 0.158. The number of hydrogen-bond acceptors (Lipinski definition) is 7. The van der Waals surface area contributed by atoms with Gasteiger partial charge in [0.2, 0.25) is 12.3 Å². The Kier molecular flexibility index (Phi) is 6.98. The van der Waals surface area contributed by atoms with Crippen LogP contribution in [0.2, 0.25) is 0 Å². The average Bonchev–Trinajstić information content (AvgIpc) is 3.38. The molecule has 3 aliphatic rings. The van der Waals surface area contributed by atoms with Gasteiger partial charge in [-0.15, -0.1) is 0 Å². The highest BCUT2D eigenvalue weighted by atomic mass is 19.3. The number of alkyl halides is 2. The maximum Gasteiger partial charge on any atom is 0.243 e. The number of nitrogens with zero attached hydrogens (tertiary/aromatic N) is 4. The van der Waals surface area contributed by atoms with Gasteiger partial charge in [0.05, 0.1) is 24.3 Å². The van der Waals surface area contributed by atoms with Gasteiger partial charge >= 0.3 is 0 Å². The highest BCUT2D eigenvalue weighted by molar-refractivity contribution is 5.58. The molecule has 1 N–H and O–H groups in total. The van der Waals surface area contributed by atoms with Crippen molar-refractivity contribution in [3.8, 4) is 23.8 Å². The van der Waals surface area contributed by atoms with E-state index in [2.05, 4.69) is 11.1 Å². The van der Waals surface area contributed by atoms with E-state index >= 15 is 0 Å². The molecule has 3 atom stereocenters. The van der Waals surface area contributed by atoms with Crippen LogP contribution in [0.15, 0.2) is 60.7 Å². The Labute approximate surface area is 225 Å². The molecule has 2 aliphatic heterocycles. The second kappa shape index (κ2) is 10.3. The minimum atomic E-state index is -2.11. The number of aliphatic hydroxyl groups is 1. The summed E-state index contributed by atoms with van der Waals surface area (Å²) in [7, 11) is 3.32. The smallest absolute Gasteiger partial charge is 0.243 e. The van der Waals surface area contributed by atoms with Crippen LogP contribution in [-0.2, 0) is 11.2 Å². The zero-order chi connectivity index (χ0) is 27.8. The van der Waals surface area contributed by atoms with Crippen LogP contribution in [0, 0.1) is 28.6 Å². The lowest BCUT2D eigenvalue weighted by molar-refractivity contribution is -0.106. The highest BCUT2D eigenvalue weighted by Gasteiger charge is 2.69. The van der Waals surface area contributed by atoms with Crippen LogP contribution in [0.4, 0.5) is 8.78 Å². The number of rotatable bonds is 4. The molecule has 7 nitrogen and oxygen atoms in total. The molecule has 9 heteroatoms. The van der Waals surface area contributed by atoms with E-state index in [0.717, 1.165) is 11.1 Å². The molecule has 2 fully saturated rings. The Bertz CT molecular complexity index is 1430. The minimum Gasteiger partial charge on any atom is -0.481 e. The molecule has 1 aromatic heterocycles. The number of hydrogen-bond donors (Lipinski definition) is 1. The molecule has 3 aromatic rings. The number of pyridine rings is 1. The van der Waals surface area contributed by atoms with Crippen LogP contribution in [0.1, 0.15) is 46.7 Å². The first-order valence-electron chi connectivity index (χ1n) is 12.7. The van der Waals surface area contributed by atoms with Crippen molar-refractivity contribution >= 4 is 0 Å². The van der Waals surface area contributed by atoms with Gasteiger partial charge in [-0.3, -0.25) is 0 Å². The number of aromatic nitrogens is 1. The van der Waals surface area contributed by atoms with E-state index < -0.39 is 17.6 Å². The van der Waals surface area contributed by atoms with Crippen LogP contribution >= 0.6 is 0 Å². The molecule has 6 rings (SSSR count). The molecule has 200 valence electrons. The average molecular weight is 531 g/mol. The monoisotopic (exact) mass is 530 g/mol. The lowest BCUT2D eigenvalue weighted by Crippen LogP contribution is -2.48. The molecule has 0 amide bonds. The van der Waals surface area contributed by atoms with Crippen LogP contribution in [0.5, 0.6) is 11.6 Å². The van der Waals surface area contributed by atoms with Crippen LogP contribution in [0.3, 0.4) is 0 Å². The molecular weight excluding hydrogens is 502 g/mol. The fraction of sp³-hybridized carbons (Fsp3) is 0.367. The Morgan fingerprint density at radius 1 is 1.10 bits per heavy atom. The van der Waals surface area contributed by atoms with E-state index in [1.54, 1.807) is 18.2 Å². The molecule has 0 bridgehead atoms. The fourth-order valence-corrected chi connectivity index (χ4v) is 6.12. The van der Waals surface area contributed by atoms with E-state index in [1.807, 2.05) is 60.5 Å². The summed E-state index contributed by atoms with van der Waals surface area (Å²) >= 11 is 0. The van der Waals surface area contributed by atoms with Gasteiger partial charge < -0.3 is 19.5 Å². The summed E-state index contributed by atoms with van der Waals surface area (Å²) in [4.78, 5) is 6.16. The molecule has 39 heavy (non-hydrogen) atoms. The zero-order valence-electron chi connectivity index (χ0n) is 21.6. The molecule has 1 aliphatic carbocycles. The number of nitriles is 2. The zero-order valence-corrected chi connectivity index (χ0v) is 21.6. The van der Waals surface area contributed by atoms with Crippen molar-refractivity contribution in [1.82, 2.24) is 9.88 Å². The summed E-state index contributed by atoms with van der Waals surface area (Å²) in [5, 5.41) is 30.9. The number of likely N-dealkylation sites (tertiary alicyclic amines) is 1. The summed E-state index contributed by atoms with van der Waals surface area (Å²) in [6.45, 7) is 1.13. The highest BCUT2D eigenvalue weighted by Crippen LogP contribution is 2.67. The first-order valence-corrected chi connectivity index (χ1v) is 12.7. The van der Waals surface area contributed by atoms with Crippen molar-refractivity contribution in [3.05, 3.63) is 88.6 Å². The first kappa shape index (κ1) is 26.6. The topological polar surface area (TPSA) is 102 Å². The van der Waals surface area contributed by atoms with Gasteiger partial charge in [0.25, 0.3) is 0 Å². The predicted octanol–water partition coefficient (Wildman–Crippen LogP) is 4.70. The second-order valence-electron chi connectivity index (χ2n) is 10.2. The van der Waals surface area contributed by atoms with Crippen molar-refractivity contribution in [1.29, 1.82) is 10.5 Å². The Balaban J connectivity index is 0.000000332. The predicted molar refractivity (Wildman–Crippen MR) is 138 cm³/mol. The molecule has 3 heterocycles. The fourth-order valence-electron chi connectivity index (χ4n) is 6.12. The van der Waals surface area contributed by atoms with Crippen LogP contribution in [0.25, 0.3) is 0 Å². The number of fused-ring (bicyclic) bond motifs is 3. The van der Waals surface area contributed by atoms with Crippen molar-refractivity contribution in [2.45, 2.75) is 36.4 Å². The quantitative estimate of drug-likeness (QED) is 0.522. The SMILES string of the molecule is CN1CC(C(F)F)C1.COc1nc(C#N)cc2c1C1(O)CCC(c3ccccc3)C1(c1ccc(C#N)cc1)O2.